The van der Waals surface area contributed by atoms with Crippen molar-refractivity contribution in [3.05, 3.63) is 0 Å². The quantitative estimate of drug-likeness (QED) is 0.0153. The maximum atomic E-state index is 12.9. The fraction of sp³-hybridized carbons (Fsp3) is 0.807. The van der Waals surface area contributed by atoms with Crippen molar-refractivity contribution in [2.24, 2.45) is 45.9 Å². The van der Waals surface area contributed by atoms with Crippen LogP contribution < -0.4 is 99.0 Å². The summed E-state index contributed by atoms with van der Waals surface area (Å²) in [7, 11) is 0. The van der Waals surface area contributed by atoms with Crippen molar-refractivity contribution in [2.75, 3.05) is 164 Å². The van der Waals surface area contributed by atoms with Crippen LogP contribution in [0.1, 0.15) is 96.3 Å². The van der Waals surface area contributed by atoms with Crippen molar-refractivity contribution in [3.8, 4) is 0 Å². The Kier molecular flexibility index (Phi) is 53.2. The van der Waals surface area contributed by atoms with Crippen molar-refractivity contribution in [1.29, 1.82) is 0 Å². The Morgan fingerprint density at radius 3 is 1.11 bits per heavy atom. The Labute approximate surface area is 546 Å². The first-order chi connectivity index (χ1) is 44.6. The molecular weight excluding hydrogens is 1220 g/mol. The highest BCUT2D eigenvalue weighted by molar-refractivity contribution is 5.87. The number of carbonyl (C=O) groups excluding carboxylic acids is 11. The minimum atomic E-state index is -1.36. The average molecular weight is 1340 g/mol. The molecule has 6 atom stereocenters. The largest absolute Gasteiger partial charge is 0.464 e. The van der Waals surface area contributed by atoms with Crippen LogP contribution in [0.2, 0.25) is 0 Å². The number of aliphatic hydroxyl groups is 2. The number of ether oxygens (including phenoxy) is 3. The third-order valence-corrected chi connectivity index (χ3v) is 13.9. The molecule has 93 heavy (non-hydrogen) atoms. The van der Waals surface area contributed by atoms with Gasteiger partial charge < -0.3 is 123 Å². The van der Waals surface area contributed by atoms with E-state index >= 15 is 0 Å². The van der Waals surface area contributed by atoms with Gasteiger partial charge in [0.15, 0.2) is 0 Å². The van der Waals surface area contributed by atoms with Gasteiger partial charge in [0.1, 0.15) is 32.0 Å². The Morgan fingerprint density at radius 2 is 0.742 bits per heavy atom. The molecule has 0 aromatic heterocycles. The van der Waals surface area contributed by atoms with Gasteiger partial charge in [0.05, 0.1) is 69.8 Å². The highest BCUT2D eigenvalue weighted by Gasteiger charge is 2.24. The van der Waals surface area contributed by atoms with Gasteiger partial charge in [-0.2, -0.15) is 0 Å². The average Bonchev–Trinajstić information content (AvgIpc) is 3.63. The van der Waals surface area contributed by atoms with Gasteiger partial charge in [0.25, 0.3) is 0 Å². The summed E-state index contributed by atoms with van der Waals surface area (Å²) in [4.78, 5) is 141. The molecule has 0 aliphatic rings. The van der Waals surface area contributed by atoms with E-state index in [-0.39, 0.29) is 133 Å². The monoisotopic (exact) mass is 1330 g/mol. The van der Waals surface area contributed by atoms with Crippen molar-refractivity contribution >= 4 is 65.2 Å². The summed E-state index contributed by atoms with van der Waals surface area (Å²) < 4.78 is 15.4. The van der Waals surface area contributed by atoms with E-state index in [0.717, 1.165) is 0 Å². The molecule has 0 saturated carbocycles. The van der Waals surface area contributed by atoms with Crippen LogP contribution >= 0.6 is 0 Å². The van der Waals surface area contributed by atoms with E-state index in [1.165, 1.54) is 0 Å². The Morgan fingerprint density at radius 1 is 0.387 bits per heavy atom. The van der Waals surface area contributed by atoms with Crippen molar-refractivity contribution in [3.63, 3.8) is 0 Å². The predicted molar refractivity (Wildman–Crippen MR) is 345 cm³/mol. The molecule has 28 N–H and O–H groups in total. The summed E-state index contributed by atoms with van der Waals surface area (Å²) in [5, 5.41) is 46.5. The van der Waals surface area contributed by atoms with Gasteiger partial charge in [-0.15, -0.1) is 0 Å². The lowest BCUT2D eigenvalue weighted by Crippen LogP contribution is -2.47. The van der Waals surface area contributed by atoms with Crippen LogP contribution in [0.3, 0.4) is 0 Å². The zero-order chi connectivity index (χ0) is 69.4. The summed E-state index contributed by atoms with van der Waals surface area (Å²) in [6.07, 6.45) is 2.40. The summed E-state index contributed by atoms with van der Waals surface area (Å²) in [6, 6.07) is -3.94. The minimum Gasteiger partial charge on any atom is -0.464 e. The Balaban J connectivity index is 4.75. The number of nitrogens with zero attached hydrogens (tertiary/aromatic N) is 2. The number of carbonyl (C=O) groups is 11. The summed E-state index contributed by atoms with van der Waals surface area (Å²) in [5.41, 5.74) is 45.8. The first-order valence-electron chi connectivity index (χ1n) is 32.3. The molecule has 0 bridgehead atoms. The minimum absolute atomic E-state index is 0.0156. The van der Waals surface area contributed by atoms with Crippen molar-refractivity contribution in [2.45, 2.75) is 133 Å². The molecule has 538 valence electrons. The molecular formula is C57H114N20O16. The van der Waals surface area contributed by atoms with Gasteiger partial charge in [0.2, 0.25) is 47.3 Å². The zero-order valence-electron chi connectivity index (χ0n) is 54.4. The molecule has 5 unspecified atom stereocenters. The number of hydrogen-bond acceptors (Lipinski definition) is 28. The van der Waals surface area contributed by atoms with E-state index in [1.54, 1.807) is 0 Å². The highest BCUT2D eigenvalue weighted by atomic mass is 16.5. The van der Waals surface area contributed by atoms with Gasteiger partial charge in [-0.05, 0) is 96.8 Å². The van der Waals surface area contributed by atoms with Crippen LogP contribution in [0.4, 0.5) is 0 Å². The molecule has 8 amide bonds. The van der Waals surface area contributed by atoms with Crippen molar-refractivity contribution in [1.82, 2.24) is 63.0 Å². The predicted octanol–water partition coefficient (Wildman–Crippen LogP) is -9.95. The van der Waals surface area contributed by atoms with Crippen LogP contribution in [0.5, 0.6) is 0 Å². The SMILES string of the molecule is NCCCC(N)C(=O)NCCN(CCNCC(=O)NCCOC(=O)CCC(=O)NCCCCC(NC(=O)CCC(=O)OCCNC(=O)CNCCN(CCNC(=O)C(N)CCCN)CCNC(=O)C(N)CCCN)C(=O)OC[C@H](O)CO)CCNC(=O)C(N)CCCN. The lowest BCUT2D eigenvalue weighted by atomic mass is 10.1. The Bertz CT molecular complexity index is 2060. The van der Waals surface area contributed by atoms with Gasteiger partial charge in [-0.3, -0.25) is 57.7 Å². The number of unbranched alkanes of at least 4 members (excludes halogenated alkanes) is 1. The second-order valence-corrected chi connectivity index (χ2v) is 21.9. The molecule has 0 aromatic carbocycles. The number of esters is 3. The summed E-state index contributed by atoms with van der Waals surface area (Å²) in [6.45, 7) is 4.67. The molecule has 0 aliphatic carbocycles. The van der Waals surface area contributed by atoms with Gasteiger partial charge in [-0.25, -0.2) is 4.79 Å². The number of nitrogens with two attached hydrogens (primary N) is 8. The van der Waals surface area contributed by atoms with Crippen LogP contribution in [-0.4, -0.2) is 285 Å². The van der Waals surface area contributed by atoms with Crippen molar-refractivity contribution < 1.29 is 77.2 Å². The lowest BCUT2D eigenvalue weighted by molar-refractivity contribution is -0.151. The number of nitrogens with one attached hydrogen (secondary N) is 10. The lowest BCUT2D eigenvalue weighted by Gasteiger charge is -2.24. The molecule has 0 aliphatic heterocycles. The molecule has 36 heteroatoms. The molecule has 0 radical (unpaired) electrons. The molecule has 0 saturated heterocycles. The summed E-state index contributed by atoms with van der Waals surface area (Å²) in [5.74, 6) is -5.42. The molecule has 0 rings (SSSR count). The van der Waals surface area contributed by atoms with E-state index in [4.69, 9.17) is 65.2 Å². The van der Waals surface area contributed by atoms with E-state index in [2.05, 4.69) is 53.2 Å². The van der Waals surface area contributed by atoms with Crippen LogP contribution in [-0.2, 0) is 67.0 Å². The fourth-order valence-corrected chi connectivity index (χ4v) is 8.35. The van der Waals surface area contributed by atoms with Crippen LogP contribution in [0, 0.1) is 0 Å². The van der Waals surface area contributed by atoms with Gasteiger partial charge in [0, 0.05) is 97.9 Å². The third-order valence-electron chi connectivity index (χ3n) is 13.9. The number of amides is 8. The van der Waals surface area contributed by atoms with E-state index in [1.807, 2.05) is 9.80 Å². The first-order valence-corrected chi connectivity index (χ1v) is 32.3. The molecule has 0 fully saturated rings. The standard InChI is InChI=1S/C57H114N20O16/c58-16-3-7-42(62)53(86)71-23-31-76(32-24-72-54(87)43(63)8-4-17-59)29-21-66-37-49(82)69-27-35-91-51(84)14-12-47(80)68-20-2-1-11-46(57(90)93-40-41(79)39-78)75-48(81)13-15-52(85)92-36-28-70-50(83)38-67-22-30-77(33-25-73-55(88)44(64)9-5-18-60)34-26-74-56(89)45(65)10-6-19-61/h41-46,66-67,78-79H,1-40,58-65H2,(H,68,80)(H,69,82)(H,70,83)(H,71,86)(H,72,87)(H,73,88)(H,74,89)(H,75,81)/t41-,42?,43?,44?,45?,46?/m1/s1. The molecule has 36 nitrogen and oxygen atoms in total. The van der Waals surface area contributed by atoms with Gasteiger partial charge in [-0.1, -0.05) is 0 Å². The van der Waals surface area contributed by atoms with E-state index in [0.29, 0.717) is 149 Å². The maximum Gasteiger partial charge on any atom is 0.328 e. The van der Waals surface area contributed by atoms with Crippen LogP contribution in [0.15, 0.2) is 0 Å². The molecule has 0 spiro atoms. The number of hydrogen-bond donors (Lipinski definition) is 20. The van der Waals surface area contributed by atoms with Crippen LogP contribution in [0.25, 0.3) is 0 Å². The zero-order valence-corrected chi connectivity index (χ0v) is 54.4. The topological polar surface area (TPSA) is 591 Å². The van der Waals surface area contributed by atoms with Gasteiger partial charge >= 0.3 is 17.9 Å². The van der Waals surface area contributed by atoms with E-state index in [9.17, 15) is 57.8 Å². The summed E-state index contributed by atoms with van der Waals surface area (Å²) >= 11 is 0. The third kappa shape index (κ3) is 48.9. The number of aliphatic hydroxyl groups excluding tert-OH is 2. The molecule has 0 heterocycles. The maximum absolute atomic E-state index is 12.9. The smallest absolute Gasteiger partial charge is 0.328 e. The normalized spacial score (nSPS) is 13.1. The van der Waals surface area contributed by atoms with E-state index < -0.39 is 79.2 Å². The first kappa shape index (κ1) is 86.6. The second-order valence-electron chi connectivity index (χ2n) is 21.9. The fourth-order valence-electron chi connectivity index (χ4n) is 8.35. The highest BCUT2D eigenvalue weighted by Crippen LogP contribution is 2.07. The second kappa shape index (κ2) is 57.1. The Hall–Kier alpha value is -6.39. The molecule has 0 aromatic rings. The number of rotatable bonds is 60.